The molecule has 0 nitrogen and oxygen atoms in total. The van der Waals surface area contributed by atoms with Gasteiger partial charge in [-0.2, -0.15) is 0 Å². The summed E-state index contributed by atoms with van der Waals surface area (Å²) < 4.78 is 5.20. The summed E-state index contributed by atoms with van der Waals surface area (Å²) >= 11 is 9.20. The van der Waals surface area contributed by atoms with Crippen molar-refractivity contribution >= 4 is 63.4 Å². The molecule has 3 heteroatoms. The van der Waals surface area contributed by atoms with Crippen molar-refractivity contribution in [1.29, 1.82) is 0 Å². The number of benzene rings is 2. The van der Waals surface area contributed by atoms with E-state index in [1.54, 1.807) is 0 Å². The van der Waals surface area contributed by atoms with Gasteiger partial charge in [-0.25, -0.2) is 0 Å². The van der Waals surface area contributed by atoms with Gasteiger partial charge in [0.05, 0.1) is 0 Å². The molecule has 0 N–H and O–H groups in total. The van der Waals surface area contributed by atoms with Crippen LogP contribution in [0.1, 0.15) is 24.3 Å². The molecule has 0 atom stereocenters. The zero-order valence-electron chi connectivity index (χ0n) is 9.54. The Morgan fingerprint density at radius 2 is 1.72 bits per heavy atom. The maximum Gasteiger partial charge on any atom is 0.0359 e. The predicted molar refractivity (Wildman–Crippen MR) is 86.7 cm³/mol. The molecule has 1 aliphatic rings. The van der Waals surface area contributed by atoms with Gasteiger partial charge < -0.3 is 0 Å². The number of thiophene rings is 1. The molecule has 1 saturated carbocycles. The first-order valence-corrected chi connectivity index (χ1v) is 8.44. The molecule has 90 valence electrons. The number of fused-ring (bicyclic) bond motifs is 3. The predicted octanol–water partition coefficient (Wildman–Crippen LogP) is 6.46. The van der Waals surface area contributed by atoms with E-state index in [9.17, 15) is 0 Å². The normalized spacial score (nSPS) is 15.7. The van der Waals surface area contributed by atoms with Crippen molar-refractivity contribution < 1.29 is 0 Å². The Morgan fingerprint density at radius 3 is 2.50 bits per heavy atom. The molecule has 3 aromatic rings. The van der Waals surface area contributed by atoms with E-state index >= 15 is 0 Å². The number of hydrogen-bond acceptors (Lipinski definition) is 1. The van der Waals surface area contributed by atoms with E-state index in [1.807, 2.05) is 11.3 Å². The molecule has 1 heterocycles. The smallest absolute Gasteiger partial charge is 0.0359 e. The lowest BCUT2D eigenvalue weighted by atomic mass is 10.1. The number of hydrogen-bond donors (Lipinski definition) is 0. The van der Waals surface area contributed by atoms with Gasteiger partial charge in [0.2, 0.25) is 0 Å². The lowest BCUT2D eigenvalue weighted by molar-refractivity contribution is 1.12. The summed E-state index contributed by atoms with van der Waals surface area (Å²) in [6.07, 6.45) is 2.70. The van der Waals surface area contributed by atoms with Gasteiger partial charge in [-0.15, -0.1) is 11.3 Å². The topological polar surface area (TPSA) is 0 Å². The minimum Gasteiger partial charge on any atom is -0.135 e. The molecule has 18 heavy (non-hydrogen) atoms. The summed E-state index contributed by atoms with van der Waals surface area (Å²) in [6, 6.07) is 11.2. The van der Waals surface area contributed by atoms with Gasteiger partial charge in [-0.05, 0) is 54.7 Å². The molecule has 1 aliphatic carbocycles. The first-order chi connectivity index (χ1) is 8.72. The van der Waals surface area contributed by atoms with E-state index in [2.05, 4.69) is 62.2 Å². The molecule has 0 radical (unpaired) electrons. The highest BCUT2D eigenvalue weighted by Crippen LogP contribution is 2.46. The second-order valence-electron chi connectivity index (χ2n) is 4.89. The van der Waals surface area contributed by atoms with Crippen LogP contribution in [0.4, 0.5) is 0 Å². The molecule has 0 bridgehead atoms. The fourth-order valence-corrected chi connectivity index (χ4v) is 4.64. The quantitative estimate of drug-likeness (QED) is 0.453. The van der Waals surface area contributed by atoms with Crippen molar-refractivity contribution in [2.75, 3.05) is 0 Å². The van der Waals surface area contributed by atoms with Gasteiger partial charge in [-0.1, -0.05) is 31.9 Å². The fraction of sp³-hybridized carbons (Fsp3) is 0.200. The second kappa shape index (κ2) is 4.06. The van der Waals surface area contributed by atoms with E-state index in [-0.39, 0.29) is 0 Å². The van der Waals surface area contributed by atoms with Crippen LogP contribution in [0.15, 0.2) is 39.3 Å². The molecule has 4 rings (SSSR count). The summed E-state index contributed by atoms with van der Waals surface area (Å²) in [4.78, 5) is 0. The van der Waals surface area contributed by atoms with Crippen molar-refractivity contribution in [2.24, 2.45) is 0 Å². The Kier molecular flexibility index (Phi) is 2.58. The van der Waals surface area contributed by atoms with Crippen LogP contribution in [0.5, 0.6) is 0 Å². The van der Waals surface area contributed by atoms with Gasteiger partial charge in [-0.3, -0.25) is 0 Å². The van der Waals surface area contributed by atoms with E-state index in [0.717, 1.165) is 10.4 Å². The Morgan fingerprint density at radius 1 is 0.944 bits per heavy atom. The molecule has 0 saturated heterocycles. The largest absolute Gasteiger partial charge is 0.135 e. The Hall–Kier alpha value is -0.380. The zero-order chi connectivity index (χ0) is 12.3. The van der Waals surface area contributed by atoms with Crippen LogP contribution in [0.25, 0.3) is 20.2 Å². The third-order valence-electron chi connectivity index (χ3n) is 3.57. The second-order valence-corrected chi connectivity index (χ2v) is 7.74. The first-order valence-electron chi connectivity index (χ1n) is 6.03. The minimum atomic E-state index is 0.792. The minimum absolute atomic E-state index is 0.792. The van der Waals surface area contributed by atoms with Crippen molar-refractivity contribution in [3.63, 3.8) is 0 Å². The fourth-order valence-electron chi connectivity index (χ4n) is 2.49. The maximum absolute atomic E-state index is 3.74. The SMILES string of the molecule is Brc1ccc2sc3cc(C4CC4)c(Br)cc3c2c1. The van der Waals surface area contributed by atoms with Gasteiger partial charge in [0.25, 0.3) is 0 Å². The van der Waals surface area contributed by atoms with Crippen molar-refractivity contribution in [2.45, 2.75) is 18.8 Å². The summed E-state index contributed by atoms with van der Waals surface area (Å²) in [5.74, 6) is 0.792. The molecule has 0 spiro atoms. The van der Waals surface area contributed by atoms with Crippen LogP contribution in [0.2, 0.25) is 0 Å². The summed E-state index contributed by atoms with van der Waals surface area (Å²) in [5, 5.41) is 2.72. The highest BCUT2D eigenvalue weighted by molar-refractivity contribution is 9.10. The third-order valence-corrected chi connectivity index (χ3v) is 5.88. The molecule has 1 aromatic heterocycles. The summed E-state index contributed by atoms with van der Waals surface area (Å²) in [5.41, 5.74) is 1.49. The van der Waals surface area contributed by atoms with E-state index < -0.39 is 0 Å². The van der Waals surface area contributed by atoms with Crippen molar-refractivity contribution in [1.82, 2.24) is 0 Å². The van der Waals surface area contributed by atoms with Crippen LogP contribution in [0.3, 0.4) is 0 Å². The van der Waals surface area contributed by atoms with Crippen LogP contribution in [-0.4, -0.2) is 0 Å². The summed E-state index contributed by atoms with van der Waals surface area (Å²) in [7, 11) is 0. The average Bonchev–Trinajstić information content (AvgIpc) is 3.13. The standard InChI is InChI=1S/C15H10Br2S/c16-9-3-4-14-11(5-9)12-6-13(17)10(8-1-2-8)7-15(12)18-14/h3-8H,1-2H2. The molecule has 0 unspecified atom stereocenters. The molecule has 0 amide bonds. The van der Waals surface area contributed by atoms with E-state index in [0.29, 0.717) is 0 Å². The van der Waals surface area contributed by atoms with Gasteiger partial charge in [0.1, 0.15) is 0 Å². The molecule has 2 aromatic carbocycles. The van der Waals surface area contributed by atoms with E-state index in [4.69, 9.17) is 0 Å². The van der Waals surface area contributed by atoms with Gasteiger partial charge in [0, 0.05) is 29.1 Å². The van der Waals surface area contributed by atoms with Gasteiger partial charge in [0.15, 0.2) is 0 Å². The van der Waals surface area contributed by atoms with Crippen LogP contribution >= 0.6 is 43.2 Å². The van der Waals surface area contributed by atoms with Crippen LogP contribution in [0, 0.1) is 0 Å². The molecule has 1 fully saturated rings. The Balaban J connectivity index is 2.09. The first kappa shape index (κ1) is 11.4. The van der Waals surface area contributed by atoms with Crippen molar-refractivity contribution in [3.8, 4) is 0 Å². The number of halogens is 2. The maximum atomic E-state index is 3.74. The monoisotopic (exact) mass is 380 g/mol. The average molecular weight is 382 g/mol. The molecular formula is C15H10Br2S. The number of rotatable bonds is 1. The van der Waals surface area contributed by atoms with E-state index in [1.165, 1.54) is 43.1 Å². The van der Waals surface area contributed by atoms with Crippen LogP contribution < -0.4 is 0 Å². The Bertz CT molecular complexity index is 769. The highest BCUT2D eigenvalue weighted by Gasteiger charge is 2.26. The lowest BCUT2D eigenvalue weighted by Gasteiger charge is -2.02. The molecule has 0 aliphatic heterocycles. The Labute approximate surface area is 126 Å². The lowest BCUT2D eigenvalue weighted by Crippen LogP contribution is -1.80. The third kappa shape index (κ3) is 1.75. The van der Waals surface area contributed by atoms with Crippen LogP contribution in [-0.2, 0) is 0 Å². The highest BCUT2D eigenvalue weighted by atomic mass is 79.9. The zero-order valence-corrected chi connectivity index (χ0v) is 13.5. The molecular weight excluding hydrogens is 372 g/mol. The summed E-state index contributed by atoms with van der Waals surface area (Å²) in [6.45, 7) is 0. The van der Waals surface area contributed by atoms with Gasteiger partial charge >= 0.3 is 0 Å². The van der Waals surface area contributed by atoms with Crippen molar-refractivity contribution in [3.05, 3.63) is 44.8 Å².